The first-order chi connectivity index (χ1) is 4.72. The minimum atomic E-state index is -0.00579. The minimum absolute atomic E-state index is 0.00579. The van der Waals surface area contributed by atoms with E-state index in [9.17, 15) is 4.79 Å². The van der Waals surface area contributed by atoms with Crippen molar-refractivity contribution >= 4 is 5.78 Å². The lowest BCUT2D eigenvalue weighted by Crippen LogP contribution is -2.43. The van der Waals surface area contributed by atoms with E-state index in [4.69, 9.17) is 4.74 Å². The van der Waals surface area contributed by atoms with Crippen molar-refractivity contribution in [3.05, 3.63) is 0 Å². The van der Waals surface area contributed by atoms with Gasteiger partial charge in [0.15, 0.2) is 5.78 Å². The summed E-state index contributed by atoms with van der Waals surface area (Å²) >= 11 is 0. The molecule has 0 saturated carbocycles. The average molecular weight is 143 g/mol. The van der Waals surface area contributed by atoms with Crippen LogP contribution >= 0.6 is 0 Å². The fraction of sp³-hybridized carbons (Fsp3) is 0.857. The van der Waals surface area contributed by atoms with Crippen molar-refractivity contribution in [2.24, 2.45) is 0 Å². The number of carbonyl (C=O) groups excluding carboxylic acids is 1. The molecule has 1 saturated heterocycles. The highest BCUT2D eigenvalue weighted by Crippen LogP contribution is 2.05. The molecule has 0 aromatic carbocycles. The fourth-order valence-corrected chi connectivity index (χ4v) is 1.06. The Kier molecular flexibility index (Phi) is 2.40. The molecule has 0 aromatic heterocycles. The minimum Gasteiger partial charge on any atom is -0.379 e. The highest BCUT2D eigenvalue weighted by Gasteiger charge is 2.23. The number of likely N-dealkylation sites (N-methyl/N-ethyl adjacent to an activating group) is 1. The summed E-state index contributed by atoms with van der Waals surface area (Å²) in [6.45, 7) is 1.16. The predicted octanol–water partition coefficient (Wildman–Crippen LogP) is -0.0940. The van der Waals surface area contributed by atoms with Gasteiger partial charge in [-0.05, 0) is 14.1 Å². The summed E-state index contributed by atoms with van der Waals surface area (Å²) in [6.07, 6.45) is 0.572. The van der Waals surface area contributed by atoms with E-state index in [1.54, 1.807) is 0 Å². The van der Waals surface area contributed by atoms with E-state index in [0.717, 1.165) is 0 Å². The maximum absolute atomic E-state index is 11.1. The smallest absolute Gasteiger partial charge is 0.154 e. The van der Waals surface area contributed by atoms with Gasteiger partial charge >= 0.3 is 0 Å². The first-order valence-corrected chi connectivity index (χ1v) is 3.48. The van der Waals surface area contributed by atoms with Crippen LogP contribution < -0.4 is 0 Å². The Morgan fingerprint density at radius 3 is 2.70 bits per heavy atom. The van der Waals surface area contributed by atoms with Gasteiger partial charge in [0, 0.05) is 6.42 Å². The van der Waals surface area contributed by atoms with Gasteiger partial charge in [-0.2, -0.15) is 0 Å². The highest BCUT2D eigenvalue weighted by molar-refractivity contribution is 5.84. The van der Waals surface area contributed by atoms with Crippen LogP contribution in [-0.2, 0) is 9.53 Å². The summed E-state index contributed by atoms with van der Waals surface area (Å²) in [4.78, 5) is 13.0. The lowest BCUT2D eigenvalue weighted by atomic mass is 10.1. The van der Waals surface area contributed by atoms with Gasteiger partial charge in [0.2, 0.25) is 0 Å². The van der Waals surface area contributed by atoms with Crippen molar-refractivity contribution in [2.75, 3.05) is 27.3 Å². The van der Waals surface area contributed by atoms with Gasteiger partial charge in [-0.15, -0.1) is 0 Å². The third kappa shape index (κ3) is 1.55. The van der Waals surface area contributed by atoms with Gasteiger partial charge < -0.3 is 4.74 Å². The number of Topliss-reactive ketones (excluding diaryl/α,β-unsaturated/α-hetero) is 1. The van der Waals surface area contributed by atoms with Gasteiger partial charge in [-0.25, -0.2) is 0 Å². The summed E-state index contributed by atoms with van der Waals surface area (Å²) in [5.74, 6) is 0.302. The molecule has 58 valence electrons. The molecular formula is C7H13NO2. The van der Waals surface area contributed by atoms with Gasteiger partial charge in [0.05, 0.1) is 19.3 Å². The van der Waals surface area contributed by atoms with E-state index >= 15 is 0 Å². The van der Waals surface area contributed by atoms with E-state index in [1.807, 2.05) is 19.0 Å². The van der Waals surface area contributed by atoms with Gasteiger partial charge in [0.25, 0.3) is 0 Å². The van der Waals surface area contributed by atoms with Crippen LogP contribution in [-0.4, -0.2) is 44.0 Å². The fourth-order valence-electron chi connectivity index (χ4n) is 1.06. The van der Waals surface area contributed by atoms with E-state index in [-0.39, 0.29) is 6.04 Å². The van der Waals surface area contributed by atoms with Crippen LogP contribution in [0.25, 0.3) is 0 Å². The maximum Gasteiger partial charge on any atom is 0.154 e. The molecule has 10 heavy (non-hydrogen) atoms. The molecule has 1 heterocycles. The molecular weight excluding hydrogens is 130 g/mol. The molecule has 1 unspecified atom stereocenters. The molecule has 1 rings (SSSR count). The topological polar surface area (TPSA) is 29.5 Å². The van der Waals surface area contributed by atoms with Crippen LogP contribution in [0.2, 0.25) is 0 Å². The summed E-state index contributed by atoms with van der Waals surface area (Å²) in [6, 6.07) is -0.00579. The quantitative estimate of drug-likeness (QED) is 0.513. The largest absolute Gasteiger partial charge is 0.379 e. The second kappa shape index (κ2) is 3.12. The molecule has 1 atom stereocenters. The van der Waals surface area contributed by atoms with Crippen molar-refractivity contribution in [1.29, 1.82) is 0 Å². The molecule has 0 amide bonds. The summed E-state index contributed by atoms with van der Waals surface area (Å²) < 4.78 is 5.15. The van der Waals surface area contributed by atoms with Crippen molar-refractivity contribution in [3.63, 3.8) is 0 Å². The predicted molar refractivity (Wildman–Crippen MR) is 37.9 cm³/mol. The number of nitrogens with zero attached hydrogens (tertiary/aromatic N) is 1. The Morgan fingerprint density at radius 1 is 1.60 bits per heavy atom. The molecule has 3 nitrogen and oxygen atoms in total. The molecule has 1 fully saturated rings. The van der Waals surface area contributed by atoms with Gasteiger partial charge in [-0.3, -0.25) is 9.69 Å². The van der Waals surface area contributed by atoms with Crippen LogP contribution in [0.5, 0.6) is 0 Å². The number of carbonyl (C=O) groups is 1. The molecule has 0 aliphatic carbocycles. The zero-order valence-corrected chi connectivity index (χ0v) is 6.46. The lowest BCUT2D eigenvalue weighted by molar-refractivity contribution is -0.131. The number of hydrogen-bond acceptors (Lipinski definition) is 3. The Morgan fingerprint density at radius 2 is 2.30 bits per heavy atom. The monoisotopic (exact) mass is 143 g/mol. The third-order valence-electron chi connectivity index (χ3n) is 1.76. The maximum atomic E-state index is 11.1. The lowest BCUT2D eigenvalue weighted by Gasteiger charge is -2.26. The number of ketones is 1. The van der Waals surface area contributed by atoms with E-state index < -0.39 is 0 Å². The van der Waals surface area contributed by atoms with Crippen molar-refractivity contribution in [2.45, 2.75) is 12.5 Å². The molecule has 1 aliphatic rings. The van der Waals surface area contributed by atoms with E-state index in [0.29, 0.717) is 25.4 Å². The van der Waals surface area contributed by atoms with E-state index in [1.165, 1.54) is 0 Å². The highest BCUT2D eigenvalue weighted by atomic mass is 16.5. The molecule has 0 bridgehead atoms. The number of rotatable bonds is 1. The molecule has 0 spiro atoms. The van der Waals surface area contributed by atoms with Crippen LogP contribution in [0.1, 0.15) is 6.42 Å². The molecule has 1 aliphatic heterocycles. The standard InChI is InChI=1S/C7H13NO2/c1-8(2)6-5-10-4-3-7(6)9/h6H,3-5H2,1-2H3. The SMILES string of the molecule is CN(C)C1COCCC1=O. The molecule has 0 aromatic rings. The van der Waals surface area contributed by atoms with Gasteiger partial charge in [0.1, 0.15) is 0 Å². The van der Waals surface area contributed by atoms with Crippen molar-refractivity contribution in [3.8, 4) is 0 Å². The zero-order valence-electron chi connectivity index (χ0n) is 6.46. The average Bonchev–Trinajstić information content (AvgIpc) is 1.88. The van der Waals surface area contributed by atoms with Gasteiger partial charge in [-0.1, -0.05) is 0 Å². The van der Waals surface area contributed by atoms with Crippen molar-refractivity contribution in [1.82, 2.24) is 4.90 Å². The molecule has 0 N–H and O–H groups in total. The number of ether oxygens (including phenoxy) is 1. The summed E-state index contributed by atoms with van der Waals surface area (Å²) in [5, 5.41) is 0. The molecule has 3 heteroatoms. The first-order valence-electron chi connectivity index (χ1n) is 3.48. The van der Waals surface area contributed by atoms with Crippen LogP contribution in [0.15, 0.2) is 0 Å². The Balaban J connectivity index is 2.48. The Bertz CT molecular complexity index is 134. The summed E-state index contributed by atoms with van der Waals surface area (Å²) in [7, 11) is 3.80. The van der Waals surface area contributed by atoms with Crippen LogP contribution in [0.3, 0.4) is 0 Å². The second-order valence-corrected chi connectivity index (χ2v) is 2.77. The number of hydrogen-bond donors (Lipinski definition) is 0. The Hall–Kier alpha value is -0.410. The Labute approximate surface area is 61.0 Å². The van der Waals surface area contributed by atoms with E-state index in [2.05, 4.69) is 0 Å². The molecule has 0 radical (unpaired) electrons. The van der Waals surface area contributed by atoms with Crippen LogP contribution in [0.4, 0.5) is 0 Å². The second-order valence-electron chi connectivity index (χ2n) is 2.77. The third-order valence-corrected chi connectivity index (χ3v) is 1.76. The van der Waals surface area contributed by atoms with Crippen LogP contribution in [0, 0.1) is 0 Å². The zero-order chi connectivity index (χ0) is 7.56. The normalized spacial score (nSPS) is 27.5. The first kappa shape index (κ1) is 7.69. The summed E-state index contributed by atoms with van der Waals surface area (Å²) in [5.41, 5.74) is 0. The van der Waals surface area contributed by atoms with Crippen molar-refractivity contribution < 1.29 is 9.53 Å².